The van der Waals surface area contributed by atoms with Gasteiger partial charge in [-0.3, -0.25) is 0 Å². The van der Waals surface area contributed by atoms with Crippen LogP contribution in [0.1, 0.15) is 27.7 Å². The van der Waals surface area contributed by atoms with Gasteiger partial charge in [0.1, 0.15) is 5.82 Å². The van der Waals surface area contributed by atoms with Crippen molar-refractivity contribution in [1.29, 1.82) is 0 Å². The third-order valence-corrected chi connectivity index (χ3v) is 4.48. The predicted octanol–water partition coefficient (Wildman–Crippen LogP) is 0.562. The van der Waals surface area contributed by atoms with Gasteiger partial charge >= 0.3 is 7.12 Å². The maximum Gasteiger partial charge on any atom is 0.496 e. The molecule has 0 atom stereocenters. The van der Waals surface area contributed by atoms with Crippen LogP contribution in [0, 0.1) is 0 Å². The number of anilines is 1. The van der Waals surface area contributed by atoms with E-state index in [2.05, 4.69) is 4.98 Å². The van der Waals surface area contributed by atoms with Crippen LogP contribution in [0.2, 0.25) is 0 Å². The lowest BCUT2D eigenvalue weighted by Gasteiger charge is -2.36. The van der Waals surface area contributed by atoms with E-state index in [1.807, 2.05) is 44.7 Å². The second-order valence-corrected chi connectivity index (χ2v) is 6.60. The van der Waals surface area contributed by atoms with Crippen LogP contribution in [0.25, 0.3) is 0 Å². The molecule has 2 fully saturated rings. The molecule has 3 rings (SSSR count). The largest absolute Gasteiger partial charge is 0.496 e. The van der Waals surface area contributed by atoms with E-state index < -0.39 is 0 Å². The quantitative estimate of drug-likeness (QED) is 0.800. The van der Waals surface area contributed by atoms with Crippen molar-refractivity contribution in [2.75, 3.05) is 18.0 Å². The van der Waals surface area contributed by atoms with Crippen LogP contribution < -0.4 is 10.4 Å². The van der Waals surface area contributed by atoms with Gasteiger partial charge in [0.05, 0.1) is 17.3 Å². The van der Waals surface area contributed by atoms with E-state index in [0.29, 0.717) is 13.1 Å². The fraction of sp³-hybridized carbons (Fsp3) is 0.643. The fourth-order valence-electron chi connectivity index (χ4n) is 2.35. The summed E-state index contributed by atoms with van der Waals surface area (Å²) in [4.78, 5) is 6.47. The van der Waals surface area contributed by atoms with Crippen molar-refractivity contribution in [2.45, 2.75) is 45.0 Å². The first kappa shape index (κ1) is 13.9. The highest BCUT2D eigenvalue weighted by molar-refractivity contribution is 6.62. The van der Waals surface area contributed by atoms with E-state index in [4.69, 9.17) is 9.31 Å². The molecule has 1 aromatic rings. The van der Waals surface area contributed by atoms with Crippen LogP contribution in [-0.2, 0) is 9.31 Å². The van der Waals surface area contributed by atoms with E-state index in [0.717, 1.165) is 11.3 Å². The summed E-state index contributed by atoms with van der Waals surface area (Å²) >= 11 is 0. The Morgan fingerprint density at radius 3 is 2.25 bits per heavy atom. The van der Waals surface area contributed by atoms with Gasteiger partial charge in [0.25, 0.3) is 0 Å². The van der Waals surface area contributed by atoms with Gasteiger partial charge in [-0.05, 0) is 33.8 Å². The molecule has 0 radical (unpaired) electrons. The maximum atomic E-state index is 9.31. The van der Waals surface area contributed by atoms with Crippen LogP contribution in [0.15, 0.2) is 18.3 Å². The maximum absolute atomic E-state index is 9.31. The van der Waals surface area contributed by atoms with E-state index in [1.165, 1.54) is 0 Å². The number of aliphatic hydroxyl groups is 1. The van der Waals surface area contributed by atoms with Crippen LogP contribution in [0.5, 0.6) is 0 Å². The SMILES string of the molecule is CC1(C)OB(c2ccc(N3CC(O)C3)nc2)OC1(C)C. The highest BCUT2D eigenvalue weighted by Gasteiger charge is 2.51. The molecule has 1 aromatic heterocycles. The van der Waals surface area contributed by atoms with Gasteiger partial charge in [-0.25, -0.2) is 4.98 Å². The Hall–Kier alpha value is -1.11. The highest BCUT2D eigenvalue weighted by atomic mass is 16.7. The van der Waals surface area contributed by atoms with Crippen molar-refractivity contribution in [1.82, 2.24) is 4.98 Å². The number of rotatable bonds is 2. The number of aliphatic hydroxyl groups excluding tert-OH is 1. The molecule has 0 unspecified atom stereocenters. The summed E-state index contributed by atoms with van der Waals surface area (Å²) in [6.45, 7) is 9.46. The van der Waals surface area contributed by atoms with Crippen LogP contribution >= 0.6 is 0 Å². The molecule has 2 aliphatic heterocycles. The third kappa shape index (κ3) is 2.22. The molecule has 2 aliphatic rings. The monoisotopic (exact) mass is 276 g/mol. The third-order valence-electron chi connectivity index (χ3n) is 4.48. The standard InChI is InChI=1S/C14H21BN2O3/c1-13(2)14(3,4)20-15(19-13)10-5-6-12(16-7-10)17-8-11(18)9-17/h5-7,11,18H,8-9H2,1-4H3. The summed E-state index contributed by atoms with van der Waals surface area (Å²) < 4.78 is 12.0. The van der Waals surface area contributed by atoms with Crippen molar-refractivity contribution in [2.24, 2.45) is 0 Å². The summed E-state index contributed by atoms with van der Waals surface area (Å²) in [7, 11) is -0.372. The van der Waals surface area contributed by atoms with Gasteiger partial charge in [0, 0.05) is 24.7 Å². The molecule has 108 valence electrons. The lowest BCUT2D eigenvalue weighted by atomic mass is 9.80. The summed E-state index contributed by atoms with van der Waals surface area (Å²) in [5, 5.41) is 9.31. The smallest absolute Gasteiger partial charge is 0.399 e. The molecular formula is C14H21BN2O3. The Kier molecular flexibility index (Phi) is 3.08. The second-order valence-electron chi connectivity index (χ2n) is 6.60. The first-order chi connectivity index (χ1) is 9.28. The lowest BCUT2D eigenvalue weighted by molar-refractivity contribution is 0.00578. The zero-order valence-corrected chi connectivity index (χ0v) is 12.5. The summed E-state index contributed by atoms with van der Waals surface area (Å²) in [5.41, 5.74) is 0.254. The minimum atomic E-state index is -0.372. The summed E-state index contributed by atoms with van der Waals surface area (Å²) in [6.07, 6.45) is 1.57. The fourth-order valence-corrected chi connectivity index (χ4v) is 2.35. The molecule has 5 nitrogen and oxygen atoms in total. The topological polar surface area (TPSA) is 54.8 Å². The second kappa shape index (κ2) is 4.45. The number of hydrogen-bond acceptors (Lipinski definition) is 5. The summed E-state index contributed by atoms with van der Waals surface area (Å²) in [6, 6.07) is 3.93. The highest BCUT2D eigenvalue weighted by Crippen LogP contribution is 2.36. The first-order valence-corrected chi connectivity index (χ1v) is 7.03. The Morgan fingerprint density at radius 1 is 1.20 bits per heavy atom. The van der Waals surface area contributed by atoms with Crippen LogP contribution in [0.4, 0.5) is 5.82 Å². The van der Waals surface area contributed by atoms with Crippen molar-refractivity contribution in [3.05, 3.63) is 18.3 Å². The number of pyridine rings is 1. The Bertz CT molecular complexity index is 482. The molecule has 0 aromatic carbocycles. The molecule has 6 heteroatoms. The molecule has 3 heterocycles. The number of nitrogens with zero attached hydrogens (tertiary/aromatic N) is 2. The van der Waals surface area contributed by atoms with Gasteiger partial charge in [-0.2, -0.15) is 0 Å². The number of aromatic nitrogens is 1. The normalized spacial score (nSPS) is 24.9. The molecule has 20 heavy (non-hydrogen) atoms. The Labute approximate surface area is 120 Å². The first-order valence-electron chi connectivity index (χ1n) is 7.03. The molecule has 0 aliphatic carbocycles. The zero-order valence-electron chi connectivity index (χ0n) is 12.5. The molecule has 2 saturated heterocycles. The zero-order chi connectivity index (χ0) is 14.5. The Morgan fingerprint density at radius 2 is 1.80 bits per heavy atom. The van der Waals surface area contributed by atoms with Crippen molar-refractivity contribution in [3.8, 4) is 0 Å². The molecular weight excluding hydrogens is 255 g/mol. The van der Waals surface area contributed by atoms with Crippen molar-refractivity contribution >= 4 is 18.4 Å². The minimum Gasteiger partial charge on any atom is -0.399 e. The van der Waals surface area contributed by atoms with Gasteiger partial charge in [-0.15, -0.1) is 0 Å². The number of β-amino-alcohol motifs (C(OH)–C–C–N with tert-alkyl or cyclic N) is 1. The molecule has 0 spiro atoms. The van der Waals surface area contributed by atoms with Gasteiger partial charge in [0.15, 0.2) is 0 Å². The molecule has 1 N–H and O–H groups in total. The lowest BCUT2D eigenvalue weighted by Crippen LogP contribution is -2.51. The molecule has 0 saturated carbocycles. The minimum absolute atomic E-state index is 0.223. The average Bonchev–Trinajstić information content (AvgIpc) is 2.55. The van der Waals surface area contributed by atoms with Crippen molar-refractivity contribution < 1.29 is 14.4 Å². The van der Waals surface area contributed by atoms with Gasteiger partial charge in [-0.1, -0.05) is 6.07 Å². The van der Waals surface area contributed by atoms with E-state index >= 15 is 0 Å². The Balaban J connectivity index is 1.73. The van der Waals surface area contributed by atoms with E-state index in [1.54, 1.807) is 6.20 Å². The number of hydrogen-bond donors (Lipinski definition) is 1. The molecule has 0 amide bonds. The molecule has 0 bridgehead atoms. The van der Waals surface area contributed by atoms with Crippen molar-refractivity contribution in [3.63, 3.8) is 0 Å². The van der Waals surface area contributed by atoms with E-state index in [-0.39, 0.29) is 24.4 Å². The average molecular weight is 276 g/mol. The van der Waals surface area contributed by atoms with Crippen LogP contribution in [0.3, 0.4) is 0 Å². The summed E-state index contributed by atoms with van der Waals surface area (Å²) in [5.74, 6) is 0.885. The predicted molar refractivity (Wildman–Crippen MR) is 78.2 cm³/mol. The van der Waals surface area contributed by atoms with E-state index in [9.17, 15) is 5.11 Å². The van der Waals surface area contributed by atoms with Gasteiger partial charge < -0.3 is 19.3 Å². The van der Waals surface area contributed by atoms with Crippen LogP contribution in [-0.4, -0.2) is 47.6 Å². The van der Waals surface area contributed by atoms with Gasteiger partial charge in [0.2, 0.25) is 0 Å².